The van der Waals surface area contributed by atoms with Gasteiger partial charge in [0.15, 0.2) is 6.54 Å². The van der Waals surface area contributed by atoms with Crippen molar-refractivity contribution >= 4 is 23.6 Å². The molecule has 1 heterocycles. The first-order valence-corrected chi connectivity index (χ1v) is 7.76. The number of piperidine rings is 1. The van der Waals surface area contributed by atoms with E-state index >= 15 is 0 Å². The fourth-order valence-electron chi connectivity index (χ4n) is 2.72. The molecule has 0 radical (unpaired) electrons. The van der Waals surface area contributed by atoms with Gasteiger partial charge in [-0.3, -0.25) is 14.9 Å². The second-order valence-corrected chi connectivity index (χ2v) is 5.71. The molecule has 1 fully saturated rings. The standard InChI is InChI=1S/C16H20FN3O4/c1-24-15(22)11-6-8-20(9-7-11)10-14(21)19-16(23)18-13-5-3-2-4-12(13)17/h2-5,11H,6-10H2,1H3,(H2,18,19,21,23)/p+1. The van der Waals surface area contributed by atoms with Crippen LogP contribution in [0.4, 0.5) is 14.9 Å². The van der Waals surface area contributed by atoms with E-state index < -0.39 is 17.8 Å². The second-order valence-electron chi connectivity index (χ2n) is 5.71. The van der Waals surface area contributed by atoms with Gasteiger partial charge in [-0.05, 0) is 12.1 Å². The van der Waals surface area contributed by atoms with Crippen LogP contribution in [0.25, 0.3) is 0 Å². The molecule has 0 bridgehead atoms. The molecule has 2 rings (SSSR count). The zero-order valence-electron chi connectivity index (χ0n) is 13.4. The lowest BCUT2D eigenvalue weighted by molar-refractivity contribution is -0.897. The van der Waals surface area contributed by atoms with Gasteiger partial charge in [0.05, 0.1) is 31.8 Å². The summed E-state index contributed by atoms with van der Waals surface area (Å²) in [4.78, 5) is 36.0. The lowest BCUT2D eigenvalue weighted by atomic mass is 9.97. The Labute approximate surface area is 139 Å². The molecule has 1 aromatic rings. The van der Waals surface area contributed by atoms with Crippen LogP contribution in [0.1, 0.15) is 12.8 Å². The number of nitrogens with one attached hydrogen (secondary N) is 3. The van der Waals surface area contributed by atoms with Crippen molar-refractivity contribution < 1.29 is 28.4 Å². The molecule has 0 spiro atoms. The number of urea groups is 1. The highest BCUT2D eigenvalue weighted by atomic mass is 19.1. The predicted molar refractivity (Wildman–Crippen MR) is 83.9 cm³/mol. The number of anilines is 1. The number of hydrogen-bond donors (Lipinski definition) is 3. The van der Waals surface area contributed by atoms with Crippen LogP contribution in [-0.4, -0.2) is 44.7 Å². The van der Waals surface area contributed by atoms with Crippen LogP contribution in [0.5, 0.6) is 0 Å². The number of quaternary nitrogens is 1. The maximum Gasteiger partial charge on any atom is 0.326 e. The van der Waals surface area contributed by atoms with E-state index in [-0.39, 0.29) is 24.1 Å². The fraction of sp³-hybridized carbons (Fsp3) is 0.438. The number of benzene rings is 1. The third-order valence-electron chi connectivity index (χ3n) is 4.01. The van der Waals surface area contributed by atoms with E-state index in [9.17, 15) is 18.8 Å². The third-order valence-corrected chi connectivity index (χ3v) is 4.01. The number of imide groups is 1. The van der Waals surface area contributed by atoms with Crippen molar-refractivity contribution in [2.24, 2.45) is 5.92 Å². The van der Waals surface area contributed by atoms with Crippen LogP contribution in [-0.2, 0) is 14.3 Å². The fourth-order valence-corrected chi connectivity index (χ4v) is 2.72. The number of carbonyl (C=O) groups is 3. The van der Waals surface area contributed by atoms with Crippen LogP contribution in [0.2, 0.25) is 0 Å². The van der Waals surface area contributed by atoms with Crippen LogP contribution < -0.4 is 15.5 Å². The van der Waals surface area contributed by atoms with Gasteiger partial charge in [0.2, 0.25) is 0 Å². The summed E-state index contributed by atoms with van der Waals surface area (Å²) in [6, 6.07) is 4.94. The Morgan fingerprint density at radius 1 is 1.25 bits per heavy atom. The molecule has 8 heteroatoms. The summed E-state index contributed by atoms with van der Waals surface area (Å²) in [6.45, 7) is 1.43. The maximum atomic E-state index is 13.4. The molecule has 7 nitrogen and oxygen atoms in total. The smallest absolute Gasteiger partial charge is 0.326 e. The number of esters is 1. The van der Waals surface area contributed by atoms with E-state index in [4.69, 9.17) is 4.74 Å². The number of likely N-dealkylation sites (tertiary alicyclic amines) is 1. The normalized spacial score (nSPS) is 20.1. The van der Waals surface area contributed by atoms with Gasteiger partial charge < -0.3 is 15.0 Å². The van der Waals surface area contributed by atoms with Crippen molar-refractivity contribution in [1.82, 2.24) is 5.32 Å². The number of carbonyl (C=O) groups excluding carboxylic acids is 3. The van der Waals surface area contributed by atoms with Crippen molar-refractivity contribution in [2.75, 3.05) is 32.1 Å². The summed E-state index contributed by atoms with van der Waals surface area (Å²) in [5.41, 5.74) is 0.00837. The molecule has 3 N–H and O–H groups in total. The summed E-state index contributed by atoms with van der Waals surface area (Å²) < 4.78 is 18.1. The summed E-state index contributed by atoms with van der Waals surface area (Å²) in [5.74, 6) is -1.36. The van der Waals surface area contributed by atoms with E-state index in [0.717, 1.165) is 4.90 Å². The summed E-state index contributed by atoms with van der Waals surface area (Å²) in [7, 11) is 1.36. The third kappa shape index (κ3) is 5.02. The average Bonchev–Trinajstić information content (AvgIpc) is 2.56. The molecule has 130 valence electrons. The SMILES string of the molecule is COC(=O)C1CC[NH+](CC(=O)NC(=O)Nc2ccccc2F)CC1. The number of halogens is 1. The number of methoxy groups -OCH3 is 1. The number of amides is 3. The van der Waals surface area contributed by atoms with Crippen LogP contribution in [0.3, 0.4) is 0 Å². The first kappa shape index (κ1) is 17.9. The Bertz CT molecular complexity index is 615. The number of hydrogen-bond acceptors (Lipinski definition) is 4. The van der Waals surface area contributed by atoms with Crippen molar-refractivity contribution in [3.05, 3.63) is 30.1 Å². The molecule has 1 aliphatic heterocycles. The van der Waals surface area contributed by atoms with Gasteiger partial charge in [-0.1, -0.05) is 12.1 Å². The van der Waals surface area contributed by atoms with E-state index in [1.54, 1.807) is 6.07 Å². The molecule has 1 aromatic carbocycles. The molecular formula is C16H21FN3O4+. The molecule has 0 unspecified atom stereocenters. The summed E-state index contributed by atoms with van der Waals surface area (Å²) >= 11 is 0. The van der Waals surface area contributed by atoms with Gasteiger partial charge in [-0.2, -0.15) is 0 Å². The molecule has 24 heavy (non-hydrogen) atoms. The quantitative estimate of drug-likeness (QED) is 0.671. The monoisotopic (exact) mass is 338 g/mol. The zero-order valence-corrected chi connectivity index (χ0v) is 13.4. The van der Waals surface area contributed by atoms with Crippen molar-refractivity contribution in [1.29, 1.82) is 0 Å². The van der Waals surface area contributed by atoms with Crippen molar-refractivity contribution in [3.8, 4) is 0 Å². The van der Waals surface area contributed by atoms with Gasteiger partial charge >= 0.3 is 12.0 Å². The lowest BCUT2D eigenvalue weighted by Gasteiger charge is -2.27. The highest BCUT2D eigenvalue weighted by Gasteiger charge is 2.29. The second kappa shape index (κ2) is 8.39. The molecule has 1 saturated heterocycles. The minimum absolute atomic E-state index is 0.00837. The van der Waals surface area contributed by atoms with Gasteiger partial charge in [-0.25, -0.2) is 9.18 Å². The molecule has 0 saturated carbocycles. The zero-order chi connectivity index (χ0) is 17.5. The Morgan fingerprint density at radius 2 is 1.92 bits per heavy atom. The minimum atomic E-state index is -0.769. The Morgan fingerprint density at radius 3 is 2.54 bits per heavy atom. The number of rotatable bonds is 4. The Balaban J connectivity index is 1.75. The number of para-hydroxylation sites is 1. The summed E-state index contributed by atoms with van der Waals surface area (Å²) in [5, 5.41) is 4.47. The molecule has 0 aliphatic carbocycles. The van der Waals surface area contributed by atoms with Crippen LogP contribution in [0, 0.1) is 11.7 Å². The first-order chi connectivity index (χ1) is 11.5. The van der Waals surface area contributed by atoms with Gasteiger partial charge in [0.25, 0.3) is 5.91 Å². The highest BCUT2D eigenvalue weighted by molar-refractivity contribution is 6.01. The van der Waals surface area contributed by atoms with E-state index in [2.05, 4.69) is 10.6 Å². The lowest BCUT2D eigenvalue weighted by Crippen LogP contribution is -3.14. The highest BCUT2D eigenvalue weighted by Crippen LogP contribution is 2.12. The molecular weight excluding hydrogens is 317 g/mol. The van der Waals surface area contributed by atoms with E-state index in [1.807, 2.05) is 0 Å². The minimum Gasteiger partial charge on any atom is -0.469 e. The van der Waals surface area contributed by atoms with E-state index in [0.29, 0.717) is 25.9 Å². The van der Waals surface area contributed by atoms with Crippen LogP contribution >= 0.6 is 0 Å². The molecule has 1 aliphatic rings. The topological polar surface area (TPSA) is 88.9 Å². The maximum absolute atomic E-state index is 13.4. The molecule has 0 atom stereocenters. The van der Waals surface area contributed by atoms with Gasteiger partial charge in [0.1, 0.15) is 5.82 Å². The predicted octanol–water partition coefficient (Wildman–Crippen LogP) is -0.0583. The molecule has 3 amide bonds. The van der Waals surface area contributed by atoms with Gasteiger partial charge in [-0.15, -0.1) is 0 Å². The molecule has 0 aromatic heterocycles. The van der Waals surface area contributed by atoms with Crippen molar-refractivity contribution in [2.45, 2.75) is 12.8 Å². The van der Waals surface area contributed by atoms with Gasteiger partial charge in [0, 0.05) is 12.8 Å². The Hall–Kier alpha value is -2.48. The number of ether oxygens (including phenoxy) is 1. The van der Waals surface area contributed by atoms with E-state index in [1.165, 1.54) is 25.3 Å². The van der Waals surface area contributed by atoms with Crippen molar-refractivity contribution in [3.63, 3.8) is 0 Å². The largest absolute Gasteiger partial charge is 0.469 e. The average molecular weight is 338 g/mol. The van der Waals surface area contributed by atoms with Crippen LogP contribution in [0.15, 0.2) is 24.3 Å². The first-order valence-electron chi connectivity index (χ1n) is 7.76. The summed E-state index contributed by atoms with van der Waals surface area (Å²) in [6.07, 6.45) is 1.30. The Kier molecular flexibility index (Phi) is 6.25.